The zero-order valence-electron chi connectivity index (χ0n) is 16.4. The number of halogens is 1. The summed E-state index contributed by atoms with van der Waals surface area (Å²) in [6.07, 6.45) is 4.05. The number of nitrogens with one attached hydrogen (secondary N) is 1. The summed E-state index contributed by atoms with van der Waals surface area (Å²) in [5.41, 5.74) is 6.37. The molecule has 2 aromatic rings. The molecular weight excluding hydrogens is 375 g/mol. The van der Waals surface area contributed by atoms with Gasteiger partial charge in [0.25, 0.3) is 11.8 Å². The minimum absolute atomic E-state index is 0.183. The molecule has 0 atom stereocenters. The van der Waals surface area contributed by atoms with Gasteiger partial charge in [0.1, 0.15) is 5.82 Å². The van der Waals surface area contributed by atoms with Crippen molar-refractivity contribution in [2.45, 2.75) is 31.1 Å². The molecule has 1 aliphatic carbocycles. The second kappa shape index (κ2) is 8.94. The van der Waals surface area contributed by atoms with Gasteiger partial charge in [0.15, 0.2) is 18.1 Å². The lowest BCUT2D eigenvalue weighted by Gasteiger charge is -2.30. The predicted octanol–water partition coefficient (Wildman–Crippen LogP) is 2.94. The van der Waals surface area contributed by atoms with Crippen LogP contribution in [0.4, 0.5) is 4.39 Å². The van der Waals surface area contributed by atoms with E-state index >= 15 is 0 Å². The SMILES string of the molecule is COc1cc(C(=O)NCC2(c3ccc(F)cc3)CCCC2)ccc1OCC(N)=O. The van der Waals surface area contributed by atoms with Crippen LogP contribution in [0.2, 0.25) is 0 Å². The van der Waals surface area contributed by atoms with E-state index in [2.05, 4.69) is 5.32 Å². The number of methoxy groups -OCH3 is 1. The standard InChI is InChI=1S/C22H25FN2O4/c1-28-19-12-15(4-9-18(19)29-13-20(24)26)21(27)25-14-22(10-2-3-11-22)16-5-7-17(23)8-6-16/h4-9,12H,2-3,10-11,13-14H2,1H3,(H2,24,26)(H,25,27). The molecule has 1 aliphatic rings. The summed E-state index contributed by atoms with van der Waals surface area (Å²) in [4.78, 5) is 23.6. The predicted molar refractivity (Wildman–Crippen MR) is 107 cm³/mol. The molecule has 2 aromatic carbocycles. The van der Waals surface area contributed by atoms with Gasteiger partial charge < -0.3 is 20.5 Å². The molecule has 0 heterocycles. The van der Waals surface area contributed by atoms with Crippen molar-refractivity contribution in [3.8, 4) is 11.5 Å². The third-order valence-electron chi connectivity index (χ3n) is 5.40. The Morgan fingerprint density at radius 3 is 2.41 bits per heavy atom. The van der Waals surface area contributed by atoms with E-state index in [1.807, 2.05) is 0 Å². The van der Waals surface area contributed by atoms with Gasteiger partial charge in [-0.25, -0.2) is 4.39 Å². The van der Waals surface area contributed by atoms with Gasteiger partial charge in [-0.1, -0.05) is 25.0 Å². The van der Waals surface area contributed by atoms with E-state index in [1.54, 1.807) is 30.3 Å². The lowest BCUT2D eigenvalue weighted by atomic mass is 9.78. The molecule has 1 fully saturated rings. The fourth-order valence-corrected chi connectivity index (χ4v) is 3.85. The molecule has 0 radical (unpaired) electrons. The van der Waals surface area contributed by atoms with Crippen molar-refractivity contribution >= 4 is 11.8 Å². The Kier molecular flexibility index (Phi) is 6.36. The Morgan fingerprint density at radius 2 is 1.79 bits per heavy atom. The van der Waals surface area contributed by atoms with Crippen LogP contribution < -0.4 is 20.5 Å². The largest absolute Gasteiger partial charge is 0.493 e. The number of carbonyl (C=O) groups excluding carboxylic acids is 2. The number of benzene rings is 2. The van der Waals surface area contributed by atoms with Crippen LogP contribution in [0.3, 0.4) is 0 Å². The van der Waals surface area contributed by atoms with Crippen LogP contribution in [0.1, 0.15) is 41.6 Å². The Labute approximate surface area is 169 Å². The summed E-state index contributed by atoms with van der Waals surface area (Å²) in [5, 5.41) is 3.01. The maximum Gasteiger partial charge on any atom is 0.255 e. The maximum absolute atomic E-state index is 13.3. The van der Waals surface area contributed by atoms with E-state index in [0.717, 1.165) is 31.2 Å². The van der Waals surface area contributed by atoms with Gasteiger partial charge in [0, 0.05) is 17.5 Å². The van der Waals surface area contributed by atoms with E-state index in [4.69, 9.17) is 15.2 Å². The number of hydrogen-bond donors (Lipinski definition) is 2. The molecule has 0 aliphatic heterocycles. The minimum atomic E-state index is -0.600. The molecule has 3 N–H and O–H groups in total. The van der Waals surface area contributed by atoms with Crippen molar-refractivity contribution in [2.24, 2.45) is 5.73 Å². The first kappa shape index (κ1) is 20.6. The number of rotatable bonds is 8. The van der Waals surface area contributed by atoms with Crippen molar-refractivity contribution in [3.63, 3.8) is 0 Å². The van der Waals surface area contributed by atoms with E-state index in [1.165, 1.54) is 19.2 Å². The number of carbonyl (C=O) groups is 2. The Morgan fingerprint density at radius 1 is 1.10 bits per heavy atom. The third-order valence-corrected chi connectivity index (χ3v) is 5.40. The first-order chi connectivity index (χ1) is 13.9. The number of ether oxygens (including phenoxy) is 2. The van der Waals surface area contributed by atoms with Crippen LogP contribution >= 0.6 is 0 Å². The fraction of sp³-hybridized carbons (Fsp3) is 0.364. The molecule has 7 heteroatoms. The number of primary amides is 1. The van der Waals surface area contributed by atoms with Gasteiger partial charge in [0.05, 0.1) is 7.11 Å². The summed E-state index contributed by atoms with van der Waals surface area (Å²) in [7, 11) is 1.45. The number of nitrogens with two attached hydrogens (primary N) is 1. The zero-order valence-corrected chi connectivity index (χ0v) is 16.4. The third kappa shape index (κ3) is 4.85. The molecule has 6 nitrogen and oxygen atoms in total. The van der Waals surface area contributed by atoms with Gasteiger partial charge in [-0.3, -0.25) is 9.59 Å². The summed E-state index contributed by atoms with van der Waals surface area (Å²) >= 11 is 0. The summed E-state index contributed by atoms with van der Waals surface area (Å²) in [6.45, 7) is 0.196. The minimum Gasteiger partial charge on any atom is -0.493 e. The highest BCUT2D eigenvalue weighted by atomic mass is 19.1. The second-order valence-electron chi connectivity index (χ2n) is 7.30. The topological polar surface area (TPSA) is 90.7 Å². The lowest BCUT2D eigenvalue weighted by molar-refractivity contribution is -0.119. The van der Waals surface area contributed by atoms with Crippen molar-refractivity contribution in [3.05, 3.63) is 59.4 Å². The summed E-state index contributed by atoms with van der Waals surface area (Å²) in [6, 6.07) is 11.3. The molecule has 1 saturated carbocycles. The zero-order chi connectivity index (χ0) is 20.9. The van der Waals surface area contributed by atoms with Crippen LogP contribution in [-0.2, 0) is 10.2 Å². The molecule has 29 heavy (non-hydrogen) atoms. The summed E-state index contributed by atoms with van der Waals surface area (Å²) in [5.74, 6) is -0.430. The first-order valence-electron chi connectivity index (χ1n) is 9.57. The van der Waals surface area contributed by atoms with Crippen LogP contribution in [0, 0.1) is 5.82 Å². The molecule has 0 spiro atoms. The highest BCUT2D eigenvalue weighted by Crippen LogP contribution is 2.40. The fourth-order valence-electron chi connectivity index (χ4n) is 3.85. The van der Waals surface area contributed by atoms with Gasteiger partial charge in [-0.2, -0.15) is 0 Å². The van der Waals surface area contributed by atoms with Crippen molar-refractivity contribution < 1.29 is 23.5 Å². The van der Waals surface area contributed by atoms with Crippen molar-refractivity contribution in [1.82, 2.24) is 5.32 Å². The van der Waals surface area contributed by atoms with Crippen LogP contribution in [0.15, 0.2) is 42.5 Å². The molecule has 0 aromatic heterocycles. The molecule has 154 valence electrons. The second-order valence-corrected chi connectivity index (χ2v) is 7.30. The smallest absolute Gasteiger partial charge is 0.255 e. The van der Waals surface area contributed by atoms with E-state index < -0.39 is 5.91 Å². The normalized spacial score (nSPS) is 15.0. The van der Waals surface area contributed by atoms with Crippen molar-refractivity contribution in [1.29, 1.82) is 0 Å². The van der Waals surface area contributed by atoms with Gasteiger partial charge >= 0.3 is 0 Å². The van der Waals surface area contributed by atoms with Gasteiger partial charge in [-0.15, -0.1) is 0 Å². The Bertz CT molecular complexity index is 877. The average Bonchev–Trinajstić information content (AvgIpc) is 3.21. The molecule has 0 bridgehead atoms. The van der Waals surface area contributed by atoms with Crippen molar-refractivity contribution in [2.75, 3.05) is 20.3 Å². The average molecular weight is 400 g/mol. The van der Waals surface area contributed by atoms with E-state index in [-0.39, 0.29) is 23.7 Å². The van der Waals surface area contributed by atoms with Gasteiger partial charge in [-0.05, 0) is 48.7 Å². The molecule has 0 unspecified atom stereocenters. The lowest BCUT2D eigenvalue weighted by Crippen LogP contribution is -2.39. The first-order valence-corrected chi connectivity index (χ1v) is 9.57. The number of amides is 2. The van der Waals surface area contributed by atoms with Crippen LogP contribution in [-0.4, -0.2) is 32.1 Å². The highest BCUT2D eigenvalue weighted by molar-refractivity contribution is 5.95. The Balaban J connectivity index is 1.72. The molecule has 3 rings (SSSR count). The quantitative estimate of drug-likeness (QED) is 0.713. The van der Waals surface area contributed by atoms with E-state index in [0.29, 0.717) is 23.6 Å². The maximum atomic E-state index is 13.3. The number of hydrogen-bond acceptors (Lipinski definition) is 4. The monoisotopic (exact) mass is 400 g/mol. The summed E-state index contributed by atoms with van der Waals surface area (Å²) < 4.78 is 23.9. The Hall–Kier alpha value is -3.09. The highest BCUT2D eigenvalue weighted by Gasteiger charge is 2.36. The molecule has 2 amide bonds. The van der Waals surface area contributed by atoms with Gasteiger partial charge in [0.2, 0.25) is 0 Å². The van der Waals surface area contributed by atoms with Crippen LogP contribution in [0.5, 0.6) is 11.5 Å². The molecule has 0 saturated heterocycles. The van der Waals surface area contributed by atoms with E-state index in [9.17, 15) is 14.0 Å². The molecular formula is C22H25FN2O4. The van der Waals surface area contributed by atoms with Crippen LogP contribution in [0.25, 0.3) is 0 Å².